The van der Waals surface area contributed by atoms with Crippen LogP contribution in [0.4, 0.5) is 4.39 Å². The number of rotatable bonds is 0. The Morgan fingerprint density at radius 3 is 2.67 bits per heavy atom. The first-order chi connectivity index (χ1) is 5.84. The van der Waals surface area contributed by atoms with Crippen LogP contribution in [0.25, 0.3) is 0 Å². The van der Waals surface area contributed by atoms with Crippen LogP contribution in [0.5, 0.6) is 0 Å². The van der Waals surface area contributed by atoms with Crippen LogP contribution in [0.3, 0.4) is 0 Å². The molecule has 2 bridgehead atoms. The fraction of sp³-hybridized carbons (Fsp3) is 0.273. The molecule has 60 valence electrons. The number of fused-ring (bicyclic) bond motifs is 5. The number of hydrogen-bond donors (Lipinski definition) is 0. The first kappa shape index (κ1) is 6.41. The Morgan fingerprint density at radius 1 is 1.08 bits per heavy atom. The van der Waals surface area contributed by atoms with Gasteiger partial charge in [-0.3, -0.25) is 0 Å². The molecule has 3 rings (SSSR count). The highest BCUT2D eigenvalue weighted by Gasteiger charge is 2.32. The Balaban J connectivity index is 2.24. The number of benzene rings is 1. The first-order valence-electron chi connectivity index (χ1n) is 4.32. The highest BCUT2D eigenvalue weighted by Crippen LogP contribution is 2.48. The molecular weight excluding hydrogens is 151 g/mol. The second-order valence-electron chi connectivity index (χ2n) is 3.61. The minimum Gasteiger partial charge on any atom is -0.207 e. The van der Waals surface area contributed by atoms with Gasteiger partial charge in [0, 0.05) is 11.8 Å². The van der Waals surface area contributed by atoms with Gasteiger partial charge in [-0.25, -0.2) is 4.39 Å². The first-order valence-corrected chi connectivity index (χ1v) is 4.32. The summed E-state index contributed by atoms with van der Waals surface area (Å²) in [6, 6.07) is 5.18. The molecular formula is C11H9F. The lowest BCUT2D eigenvalue weighted by Gasteiger charge is -2.08. The molecule has 0 unspecified atom stereocenters. The van der Waals surface area contributed by atoms with Crippen molar-refractivity contribution in [3.63, 3.8) is 0 Å². The summed E-state index contributed by atoms with van der Waals surface area (Å²) in [6.07, 6.45) is 5.61. The Kier molecular flexibility index (Phi) is 1.06. The fourth-order valence-corrected chi connectivity index (χ4v) is 2.36. The molecule has 1 aromatic carbocycles. The fourth-order valence-electron chi connectivity index (χ4n) is 2.36. The van der Waals surface area contributed by atoms with E-state index in [0.29, 0.717) is 11.8 Å². The lowest BCUT2D eigenvalue weighted by atomic mass is 9.97. The van der Waals surface area contributed by atoms with E-state index < -0.39 is 0 Å². The van der Waals surface area contributed by atoms with Crippen molar-refractivity contribution >= 4 is 0 Å². The van der Waals surface area contributed by atoms with Crippen LogP contribution in [0.15, 0.2) is 30.4 Å². The maximum atomic E-state index is 12.9. The molecule has 0 fully saturated rings. The van der Waals surface area contributed by atoms with Crippen molar-refractivity contribution in [2.75, 3.05) is 0 Å². The van der Waals surface area contributed by atoms with Gasteiger partial charge in [-0.1, -0.05) is 18.2 Å². The van der Waals surface area contributed by atoms with Crippen LogP contribution in [0.1, 0.15) is 29.4 Å². The lowest BCUT2D eigenvalue weighted by Crippen LogP contribution is -1.92. The van der Waals surface area contributed by atoms with E-state index in [0.717, 1.165) is 0 Å². The van der Waals surface area contributed by atoms with Gasteiger partial charge in [0.2, 0.25) is 0 Å². The van der Waals surface area contributed by atoms with Crippen LogP contribution >= 0.6 is 0 Å². The Morgan fingerprint density at radius 2 is 1.83 bits per heavy atom. The van der Waals surface area contributed by atoms with E-state index in [2.05, 4.69) is 12.2 Å². The topological polar surface area (TPSA) is 0 Å². The molecule has 1 aromatic rings. The zero-order chi connectivity index (χ0) is 8.13. The summed E-state index contributed by atoms with van der Waals surface area (Å²) < 4.78 is 12.9. The molecule has 0 saturated heterocycles. The molecule has 12 heavy (non-hydrogen) atoms. The van der Waals surface area contributed by atoms with E-state index in [4.69, 9.17) is 0 Å². The molecule has 0 spiro atoms. The van der Waals surface area contributed by atoms with Gasteiger partial charge in [0.1, 0.15) is 5.82 Å². The predicted octanol–water partition coefficient (Wildman–Crippen LogP) is 2.97. The van der Waals surface area contributed by atoms with E-state index in [1.54, 1.807) is 12.1 Å². The molecule has 2 aliphatic rings. The van der Waals surface area contributed by atoms with Crippen molar-refractivity contribution in [2.24, 2.45) is 0 Å². The third-order valence-electron chi connectivity index (χ3n) is 2.93. The average molecular weight is 160 g/mol. The lowest BCUT2D eigenvalue weighted by molar-refractivity contribution is 0.625. The molecule has 0 aliphatic heterocycles. The zero-order valence-corrected chi connectivity index (χ0v) is 6.63. The van der Waals surface area contributed by atoms with Crippen molar-refractivity contribution < 1.29 is 4.39 Å². The number of halogens is 1. The Hall–Kier alpha value is -1.11. The van der Waals surface area contributed by atoms with Crippen molar-refractivity contribution in [1.82, 2.24) is 0 Å². The number of allylic oxidation sites excluding steroid dienone is 2. The smallest absolute Gasteiger partial charge is 0.123 e. The average Bonchev–Trinajstić information content (AvgIpc) is 2.63. The molecule has 2 atom stereocenters. The summed E-state index contributed by atoms with van der Waals surface area (Å²) in [4.78, 5) is 0. The minimum atomic E-state index is -0.102. The summed E-state index contributed by atoms with van der Waals surface area (Å²) in [5, 5.41) is 0. The normalized spacial score (nSPS) is 29.4. The highest BCUT2D eigenvalue weighted by atomic mass is 19.1. The molecule has 2 aliphatic carbocycles. The van der Waals surface area contributed by atoms with E-state index in [1.165, 1.54) is 17.5 Å². The molecule has 0 N–H and O–H groups in total. The Labute approximate surface area is 70.7 Å². The second-order valence-corrected chi connectivity index (χ2v) is 3.61. The summed E-state index contributed by atoms with van der Waals surface area (Å²) in [5.74, 6) is 0.973. The summed E-state index contributed by atoms with van der Waals surface area (Å²) in [5.41, 5.74) is 2.55. The van der Waals surface area contributed by atoms with Crippen LogP contribution in [0, 0.1) is 5.82 Å². The van der Waals surface area contributed by atoms with Gasteiger partial charge in [-0.05, 0) is 29.7 Å². The molecule has 0 aromatic heterocycles. The molecule has 0 amide bonds. The van der Waals surface area contributed by atoms with Crippen LogP contribution in [0.2, 0.25) is 0 Å². The summed E-state index contributed by atoms with van der Waals surface area (Å²) in [7, 11) is 0. The SMILES string of the molecule is Fc1ccc2c(c1)[C@@H]1C=C[C@@H]2C1. The van der Waals surface area contributed by atoms with Crippen LogP contribution in [-0.4, -0.2) is 0 Å². The minimum absolute atomic E-state index is 0.102. The van der Waals surface area contributed by atoms with Crippen molar-refractivity contribution in [3.05, 3.63) is 47.3 Å². The van der Waals surface area contributed by atoms with Crippen molar-refractivity contribution in [1.29, 1.82) is 0 Å². The largest absolute Gasteiger partial charge is 0.207 e. The zero-order valence-electron chi connectivity index (χ0n) is 6.63. The van der Waals surface area contributed by atoms with Crippen LogP contribution in [-0.2, 0) is 0 Å². The van der Waals surface area contributed by atoms with E-state index in [1.807, 2.05) is 6.07 Å². The maximum Gasteiger partial charge on any atom is 0.123 e. The van der Waals surface area contributed by atoms with Crippen molar-refractivity contribution in [3.8, 4) is 0 Å². The van der Waals surface area contributed by atoms with E-state index >= 15 is 0 Å². The van der Waals surface area contributed by atoms with Crippen molar-refractivity contribution in [2.45, 2.75) is 18.3 Å². The maximum absolute atomic E-state index is 12.9. The van der Waals surface area contributed by atoms with Gasteiger partial charge in [-0.15, -0.1) is 0 Å². The predicted molar refractivity (Wildman–Crippen MR) is 45.6 cm³/mol. The summed E-state index contributed by atoms with van der Waals surface area (Å²) in [6.45, 7) is 0. The molecule has 1 heteroatoms. The van der Waals surface area contributed by atoms with Gasteiger partial charge in [-0.2, -0.15) is 0 Å². The van der Waals surface area contributed by atoms with E-state index in [9.17, 15) is 4.39 Å². The highest BCUT2D eigenvalue weighted by molar-refractivity contribution is 5.47. The van der Waals surface area contributed by atoms with Gasteiger partial charge >= 0.3 is 0 Å². The summed E-state index contributed by atoms with van der Waals surface area (Å²) >= 11 is 0. The standard InChI is InChI=1S/C11H9F/c12-9-3-4-10-7-1-2-8(5-7)11(10)6-9/h1-4,6-8H,5H2/t7-,8-/m1/s1. The molecule has 0 saturated carbocycles. The van der Waals surface area contributed by atoms with Gasteiger partial charge in [0.15, 0.2) is 0 Å². The molecule has 0 radical (unpaired) electrons. The van der Waals surface area contributed by atoms with Crippen LogP contribution < -0.4 is 0 Å². The molecule has 0 heterocycles. The van der Waals surface area contributed by atoms with Gasteiger partial charge in [0.25, 0.3) is 0 Å². The quantitative estimate of drug-likeness (QED) is 0.512. The number of hydrogen-bond acceptors (Lipinski definition) is 0. The Bertz CT molecular complexity index is 365. The monoisotopic (exact) mass is 160 g/mol. The third kappa shape index (κ3) is 0.663. The van der Waals surface area contributed by atoms with Gasteiger partial charge < -0.3 is 0 Å². The second kappa shape index (κ2) is 1.98. The third-order valence-corrected chi connectivity index (χ3v) is 2.93. The molecule has 0 nitrogen and oxygen atoms in total. The van der Waals surface area contributed by atoms with Gasteiger partial charge in [0.05, 0.1) is 0 Å². The van der Waals surface area contributed by atoms with E-state index in [-0.39, 0.29) is 5.82 Å².